The molecule has 9 heteroatoms. The number of benzene rings is 3. The van der Waals surface area contributed by atoms with Crippen LogP contribution in [-0.4, -0.2) is 23.6 Å². The van der Waals surface area contributed by atoms with E-state index in [0.29, 0.717) is 21.6 Å². The second-order valence-corrected chi connectivity index (χ2v) is 15.3. The number of aryl methyl sites for hydroxylation is 1. The molecule has 3 aromatic carbocycles. The molecule has 240 valence electrons. The summed E-state index contributed by atoms with van der Waals surface area (Å²) in [5.41, 5.74) is 5.46. The number of thiocarbonyl (C=S) groups is 1. The van der Waals surface area contributed by atoms with Crippen molar-refractivity contribution >= 4 is 68.7 Å². The number of rotatable bonds is 9. The molecule has 3 N–H and O–H groups in total. The van der Waals surface area contributed by atoms with Gasteiger partial charge in [-0.3, -0.25) is 4.79 Å². The minimum atomic E-state index is -0.564. The first-order valence-electron chi connectivity index (χ1n) is 15.6. The van der Waals surface area contributed by atoms with Crippen molar-refractivity contribution in [3.05, 3.63) is 106 Å². The molecule has 1 amide bonds. The van der Waals surface area contributed by atoms with Gasteiger partial charge in [0.2, 0.25) is 5.91 Å². The number of thioether (sulfide) groups is 1. The Morgan fingerprint density at radius 3 is 2.39 bits per heavy atom. The maximum atomic E-state index is 14.2. The summed E-state index contributed by atoms with van der Waals surface area (Å²) in [5, 5.41) is 10.1. The molecule has 0 radical (unpaired) electrons. The highest BCUT2D eigenvalue weighted by Gasteiger charge is 2.35. The molecule has 2 unspecified atom stereocenters. The van der Waals surface area contributed by atoms with Crippen molar-refractivity contribution in [1.29, 1.82) is 0 Å². The van der Waals surface area contributed by atoms with Gasteiger partial charge >= 0.3 is 5.97 Å². The van der Waals surface area contributed by atoms with Gasteiger partial charge in [-0.1, -0.05) is 74.9 Å². The number of fused-ring (bicyclic) bond motifs is 1. The van der Waals surface area contributed by atoms with Gasteiger partial charge in [0.15, 0.2) is 5.11 Å². The van der Waals surface area contributed by atoms with Crippen LogP contribution in [-0.2, 0) is 22.4 Å². The van der Waals surface area contributed by atoms with Crippen LogP contribution in [0.25, 0.3) is 0 Å². The highest BCUT2D eigenvalue weighted by atomic mass is 32.2. The lowest BCUT2D eigenvalue weighted by Crippen LogP contribution is -2.26. The standard InChI is InChI=1S/C37H41N3O3S3/c1-6-43-35(42)31-29-20-17-25(37(3,4)5)21-30(29)46-34(31)40-33(41)32(24-11-8-7-9-12-24)45-28-14-10-13-27(22-28)39-36(44)38-26-18-15-23(2)16-19-26/h7-16,18-19,22,25,32H,6,17,20-21H2,1-5H3,(H,40,41)(H2,38,39,44). The molecule has 0 saturated heterocycles. The Morgan fingerprint density at radius 1 is 0.978 bits per heavy atom. The Bertz CT molecular complexity index is 1690. The molecule has 0 fully saturated rings. The van der Waals surface area contributed by atoms with Crippen molar-refractivity contribution in [3.63, 3.8) is 0 Å². The van der Waals surface area contributed by atoms with Crippen LogP contribution in [0, 0.1) is 18.3 Å². The van der Waals surface area contributed by atoms with Gasteiger partial charge in [-0.05, 0) is 98.1 Å². The number of carbonyl (C=O) groups excluding carboxylic acids is 2. The Hall–Kier alpha value is -3.66. The highest BCUT2D eigenvalue weighted by Crippen LogP contribution is 2.45. The first kappa shape index (κ1) is 33.7. The molecule has 1 aromatic heterocycles. The summed E-state index contributed by atoms with van der Waals surface area (Å²) >= 11 is 8.53. The molecule has 4 aromatic rings. The molecule has 46 heavy (non-hydrogen) atoms. The fourth-order valence-electron chi connectivity index (χ4n) is 5.62. The summed E-state index contributed by atoms with van der Waals surface area (Å²) in [7, 11) is 0. The minimum absolute atomic E-state index is 0.161. The zero-order chi connectivity index (χ0) is 32.8. The quantitative estimate of drug-likeness (QED) is 0.0929. The van der Waals surface area contributed by atoms with Crippen molar-refractivity contribution in [1.82, 2.24) is 0 Å². The Kier molecular flexibility index (Phi) is 10.9. The van der Waals surface area contributed by atoms with Crippen molar-refractivity contribution in [2.45, 2.75) is 64.0 Å². The van der Waals surface area contributed by atoms with E-state index in [4.69, 9.17) is 17.0 Å². The van der Waals surface area contributed by atoms with Gasteiger partial charge in [-0.15, -0.1) is 23.1 Å². The summed E-state index contributed by atoms with van der Waals surface area (Å²) in [6, 6.07) is 25.6. The SMILES string of the molecule is CCOC(=O)c1c(NC(=O)C(Sc2cccc(NC(=S)Nc3ccc(C)cc3)c2)c2ccccc2)sc2c1CCC(C(C)(C)C)C2. The second-order valence-electron chi connectivity index (χ2n) is 12.6. The van der Waals surface area contributed by atoms with Crippen molar-refractivity contribution in [2.75, 3.05) is 22.6 Å². The average Bonchev–Trinajstić information content (AvgIpc) is 3.38. The van der Waals surface area contributed by atoms with Crippen molar-refractivity contribution in [2.24, 2.45) is 11.3 Å². The fourth-order valence-corrected chi connectivity index (χ4v) is 8.26. The molecule has 6 nitrogen and oxygen atoms in total. The number of anilines is 3. The van der Waals surface area contributed by atoms with E-state index in [1.807, 2.05) is 85.8 Å². The maximum Gasteiger partial charge on any atom is 0.341 e. The number of hydrogen-bond acceptors (Lipinski definition) is 6. The fraction of sp³-hybridized carbons (Fsp3) is 0.324. The number of esters is 1. The van der Waals surface area contributed by atoms with Gasteiger partial charge in [-0.2, -0.15) is 0 Å². The first-order chi connectivity index (χ1) is 22.0. The topological polar surface area (TPSA) is 79.5 Å². The lowest BCUT2D eigenvalue weighted by atomic mass is 9.72. The Balaban J connectivity index is 1.38. The van der Waals surface area contributed by atoms with Gasteiger partial charge in [0.05, 0.1) is 12.2 Å². The molecule has 0 saturated carbocycles. The first-order valence-corrected chi connectivity index (χ1v) is 17.7. The summed E-state index contributed by atoms with van der Waals surface area (Å²) < 4.78 is 5.49. The molecule has 1 aliphatic rings. The van der Waals surface area contributed by atoms with E-state index in [9.17, 15) is 9.59 Å². The number of amides is 1. The van der Waals surface area contributed by atoms with E-state index >= 15 is 0 Å². The van der Waals surface area contributed by atoms with E-state index in [0.717, 1.165) is 46.7 Å². The van der Waals surface area contributed by atoms with E-state index in [-0.39, 0.29) is 23.9 Å². The molecule has 1 heterocycles. The summed E-state index contributed by atoms with van der Waals surface area (Å²) in [5.74, 6) is -0.0595. The van der Waals surface area contributed by atoms with E-state index in [2.05, 4.69) is 36.7 Å². The van der Waals surface area contributed by atoms with Gasteiger partial charge in [-0.25, -0.2) is 4.79 Å². The molecule has 0 bridgehead atoms. The van der Waals surface area contributed by atoms with Gasteiger partial charge < -0.3 is 20.7 Å². The van der Waals surface area contributed by atoms with Crippen LogP contribution < -0.4 is 16.0 Å². The Morgan fingerprint density at radius 2 is 1.70 bits per heavy atom. The van der Waals surface area contributed by atoms with E-state index in [1.165, 1.54) is 33.5 Å². The smallest absolute Gasteiger partial charge is 0.341 e. The molecule has 5 rings (SSSR count). The van der Waals surface area contributed by atoms with Crippen LogP contribution in [0.15, 0.2) is 83.8 Å². The summed E-state index contributed by atoms with van der Waals surface area (Å²) in [4.78, 5) is 29.5. The van der Waals surface area contributed by atoms with E-state index in [1.54, 1.807) is 6.92 Å². The zero-order valence-electron chi connectivity index (χ0n) is 26.9. The van der Waals surface area contributed by atoms with Crippen LogP contribution in [0.1, 0.15) is 71.3 Å². The predicted molar refractivity (Wildman–Crippen MR) is 196 cm³/mol. The van der Waals surface area contributed by atoms with E-state index < -0.39 is 5.25 Å². The number of thiophene rings is 1. The normalized spacial score (nSPS) is 14.9. The maximum absolute atomic E-state index is 14.2. The Labute approximate surface area is 285 Å². The lowest BCUT2D eigenvalue weighted by Gasteiger charge is -2.33. The highest BCUT2D eigenvalue weighted by molar-refractivity contribution is 8.00. The monoisotopic (exact) mass is 671 g/mol. The molecule has 2 atom stereocenters. The summed E-state index contributed by atoms with van der Waals surface area (Å²) in [6.45, 7) is 10.9. The number of hydrogen-bond donors (Lipinski definition) is 3. The van der Waals surface area contributed by atoms with Gasteiger partial charge in [0.25, 0.3) is 0 Å². The number of nitrogens with one attached hydrogen (secondary N) is 3. The third kappa shape index (κ3) is 8.37. The minimum Gasteiger partial charge on any atom is -0.462 e. The van der Waals surface area contributed by atoms with Crippen LogP contribution in [0.5, 0.6) is 0 Å². The van der Waals surface area contributed by atoms with Crippen LogP contribution >= 0.6 is 35.3 Å². The number of ether oxygens (including phenoxy) is 1. The molecular formula is C37H41N3O3S3. The molecular weight excluding hydrogens is 631 g/mol. The van der Waals surface area contributed by atoms with Gasteiger partial charge in [0, 0.05) is 21.1 Å². The van der Waals surface area contributed by atoms with Crippen molar-refractivity contribution in [3.8, 4) is 0 Å². The second kappa shape index (κ2) is 14.8. The molecule has 0 spiro atoms. The van der Waals surface area contributed by atoms with Crippen molar-refractivity contribution < 1.29 is 14.3 Å². The molecule has 1 aliphatic carbocycles. The van der Waals surface area contributed by atoms with Crippen LogP contribution in [0.3, 0.4) is 0 Å². The predicted octanol–water partition coefficient (Wildman–Crippen LogP) is 9.67. The third-order valence-corrected chi connectivity index (χ3v) is 10.8. The number of carbonyl (C=O) groups is 2. The van der Waals surface area contributed by atoms with Crippen LogP contribution in [0.2, 0.25) is 0 Å². The average molecular weight is 672 g/mol. The largest absolute Gasteiger partial charge is 0.462 e. The van der Waals surface area contributed by atoms with Gasteiger partial charge in [0.1, 0.15) is 10.3 Å². The zero-order valence-corrected chi connectivity index (χ0v) is 29.4. The summed E-state index contributed by atoms with van der Waals surface area (Å²) in [6.07, 6.45) is 2.70. The lowest BCUT2D eigenvalue weighted by molar-refractivity contribution is -0.115. The van der Waals surface area contributed by atoms with Crippen LogP contribution in [0.4, 0.5) is 16.4 Å². The molecule has 0 aliphatic heterocycles. The third-order valence-electron chi connectivity index (χ3n) is 8.20.